The largest absolute Gasteiger partial charge is 0.465 e. The molecule has 9 heteroatoms. The molecule has 0 bridgehead atoms. The molecule has 8 nitrogen and oxygen atoms in total. The molecule has 1 amide bonds. The number of aldehydes is 1. The zero-order chi connectivity index (χ0) is 46.6. The Hall–Kier alpha value is -2.36. The summed E-state index contributed by atoms with van der Waals surface area (Å²) < 4.78 is 5.76. The van der Waals surface area contributed by atoms with E-state index in [1.54, 1.807) is 11.3 Å². The molecule has 0 radical (unpaired) electrons. The standard InChI is InChI=1S/C37H65N3O4S.C18H34O.2CH4.H2/c1-4-6-8-10-12-15-20-30(21-16-13-11-9-7-5-2)37(43)44-27-18-14-17-22-31(41)28-33-35(36(42)40-25-19-24-38-3)32-23-26-39-29-34(32)45-33;1-2-3-4-5-6-7-8-9-10-11-12-13-14-15-16-17-18-19;;;/h30,38-39H,4-29H2,1-3H3,(H,40,42);9-10,18H,2-8,11-17H2,1H3;2*1H4;1H/b;10-9-;;;. The maximum atomic E-state index is 13.1. The van der Waals surface area contributed by atoms with Crippen LogP contribution in [0.25, 0.3) is 0 Å². The Labute approximate surface area is 414 Å². The van der Waals surface area contributed by atoms with Crippen molar-refractivity contribution in [3.05, 3.63) is 33.0 Å². The van der Waals surface area contributed by atoms with Crippen molar-refractivity contribution in [1.29, 1.82) is 0 Å². The zero-order valence-electron chi connectivity index (χ0n) is 42.0. The third-order valence-corrected chi connectivity index (χ3v) is 13.8. The Balaban J connectivity index is -0.00000158. The smallest absolute Gasteiger partial charge is 0.308 e. The first-order valence-corrected chi connectivity index (χ1v) is 27.8. The van der Waals surface area contributed by atoms with E-state index in [1.165, 1.54) is 146 Å². The minimum atomic E-state index is -0.0404. The predicted octanol–water partition coefficient (Wildman–Crippen LogP) is 15.8. The number of Topliss-reactive ketones (excluding diaryl/α,β-unsaturated/α-hetero) is 1. The molecule has 0 saturated carbocycles. The lowest BCUT2D eigenvalue weighted by atomic mass is 9.94. The van der Waals surface area contributed by atoms with Crippen LogP contribution in [0.4, 0.5) is 0 Å². The average molecular weight is 949 g/mol. The first-order chi connectivity index (χ1) is 31.4. The molecule has 0 aromatic carbocycles. The summed E-state index contributed by atoms with van der Waals surface area (Å²) >= 11 is 1.62. The molecule has 0 spiro atoms. The van der Waals surface area contributed by atoms with Crippen LogP contribution in [0.3, 0.4) is 0 Å². The van der Waals surface area contributed by atoms with Crippen LogP contribution in [0.2, 0.25) is 0 Å². The van der Waals surface area contributed by atoms with Gasteiger partial charge in [-0.15, -0.1) is 11.3 Å². The quantitative estimate of drug-likeness (QED) is 0.0259. The Bertz CT molecular complexity index is 1300. The Morgan fingerprint density at radius 3 is 1.73 bits per heavy atom. The molecule has 388 valence electrons. The number of carbonyl (C=O) groups is 4. The topological polar surface area (TPSA) is 114 Å². The maximum Gasteiger partial charge on any atom is 0.308 e. The molecular formula is C57H109N3O5S. The number of ketones is 1. The minimum absolute atomic E-state index is 0. The van der Waals surface area contributed by atoms with Gasteiger partial charge >= 0.3 is 5.97 Å². The highest BCUT2D eigenvalue weighted by atomic mass is 32.1. The van der Waals surface area contributed by atoms with Crippen LogP contribution in [0.15, 0.2) is 12.2 Å². The normalized spacial score (nSPS) is 12.0. The second-order valence-corrected chi connectivity index (χ2v) is 19.7. The summed E-state index contributed by atoms with van der Waals surface area (Å²) in [6.07, 6.45) is 45.4. The second kappa shape index (κ2) is 49.1. The highest BCUT2D eigenvalue weighted by Gasteiger charge is 2.26. The van der Waals surface area contributed by atoms with E-state index in [0.717, 1.165) is 113 Å². The highest BCUT2D eigenvalue weighted by molar-refractivity contribution is 7.12. The van der Waals surface area contributed by atoms with Crippen LogP contribution in [0, 0.1) is 5.92 Å². The van der Waals surface area contributed by atoms with Gasteiger partial charge in [0.15, 0.2) is 0 Å². The van der Waals surface area contributed by atoms with E-state index in [-0.39, 0.29) is 39.9 Å². The SMILES string of the molecule is C.C.CCCCCCCC/C=C\CCCCCCCC=O.CCCCCCCCC(CCCCCCCC)C(=O)OCCCCCC(=O)Cc1sc2c(c1C(=O)NCCCNC)CCNC2.[HH]. The minimum Gasteiger partial charge on any atom is -0.465 e. The van der Waals surface area contributed by atoms with Gasteiger partial charge in [-0.25, -0.2) is 0 Å². The summed E-state index contributed by atoms with van der Waals surface area (Å²) in [5.74, 6) is 0.161. The lowest BCUT2D eigenvalue weighted by Gasteiger charge is -2.16. The van der Waals surface area contributed by atoms with Gasteiger partial charge < -0.3 is 25.5 Å². The van der Waals surface area contributed by atoms with Crippen LogP contribution in [-0.2, 0) is 38.5 Å². The van der Waals surface area contributed by atoms with Gasteiger partial charge in [-0.3, -0.25) is 14.4 Å². The Kier molecular flexibility index (Phi) is 48.9. The number of fused-ring (bicyclic) bond motifs is 1. The summed E-state index contributed by atoms with van der Waals surface area (Å²) in [4.78, 5) is 51.3. The second-order valence-electron chi connectivity index (χ2n) is 18.5. The number of hydrogen-bond acceptors (Lipinski definition) is 8. The van der Waals surface area contributed by atoms with Crippen molar-refractivity contribution in [3.8, 4) is 0 Å². The Morgan fingerprint density at radius 2 is 1.18 bits per heavy atom. The fraction of sp³-hybridized carbons (Fsp3) is 0.825. The molecule has 2 rings (SSSR count). The number of allylic oxidation sites excluding steroid dienone is 2. The number of carbonyl (C=O) groups excluding carboxylic acids is 4. The third-order valence-electron chi connectivity index (χ3n) is 12.5. The number of esters is 1. The summed E-state index contributed by atoms with van der Waals surface area (Å²) in [5.41, 5.74) is 1.87. The van der Waals surface area contributed by atoms with E-state index in [4.69, 9.17) is 4.74 Å². The van der Waals surface area contributed by atoms with Crippen molar-refractivity contribution in [2.75, 3.05) is 33.3 Å². The third kappa shape index (κ3) is 35.7. The number of amides is 1. The molecule has 1 aromatic heterocycles. The molecule has 1 aromatic rings. The van der Waals surface area contributed by atoms with Crippen molar-refractivity contribution >= 4 is 35.3 Å². The first-order valence-electron chi connectivity index (χ1n) is 27.0. The number of rotatable bonds is 43. The van der Waals surface area contributed by atoms with Crippen molar-refractivity contribution in [2.45, 2.75) is 267 Å². The van der Waals surface area contributed by atoms with Crippen LogP contribution < -0.4 is 16.0 Å². The summed E-state index contributed by atoms with van der Waals surface area (Å²) in [6.45, 7) is 10.3. The van der Waals surface area contributed by atoms with Crippen LogP contribution >= 0.6 is 11.3 Å². The van der Waals surface area contributed by atoms with Gasteiger partial charge in [-0.2, -0.15) is 0 Å². The average Bonchev–Trinajstić information content (AvgIpc) is 3.67. The maximum absolute atomic E-state index is 13.1. The number of hydrogen-bond donors (Lipinski definition) is 3. The number of ether oxygens (including phenoxy) is 1. The van der Waals surface area contributed by atoms with Crippen LogP contribution in [0.5, 0.6) is 0 Å². The van der Waals surface area contributed by atoms with Gasteiger partial charge in [0.1, 0.15) is 12.1 Å². The number of unbranched alkanes of at least 4 members (excludes halogenated alkanes) is 24. The first kappa shape index (κ1) is 65.7. The molecule has 66 heavy (non-hydrogen) atoms. The van der Waals surface area contributed by atoms with Crippen molar-refractivity contribution in [1.82, 2.24) is 16.0 Å². The molecule has 0 atom stereocenters. The molecule has 1 aliphatic heterocycles. The molecule has 0 unspecified atom stereocenters. The van der Waals surface area contributed by atoms with E-state index >= 15 is 0 Å². The lowest BCUT2D eigenvalue weighted by molar-refractivity contribution is -0.149. The predicted molar refractivity (Wildman–Crippen MR) is 289 cm³/mol. The number of nitrogens with one attached hydrogen (secondary N) is 3. The fourth-order valence-corrected chi connectivity index (χ4v) is 9.86. The van der Waals surface area contributed by atoms with Gasteiger partial charge in [-0.1, -0.05) is 176 Å². The van der Waals surface area contributed by atoms with E-state index in [1.807, 2.05) is 7.05 Å². The van der Waals surface area contributed by atoms with E-state index in [2.05, 4.69) is 48.9 Å². The fourth-order valence-electron chi connectivity index (χ4n) is 8.51. The zero-order valence-corrected chi connectivity index (χ0v) is 42.9. The monoisotopic (exact) mass is 948 g/mol. The molecule has 0 aliphatic carbocycles. The molecule has 1 aliphatic rings. The van der Waals surface area contributed by atoms with Gasteiger partial charge in [0.2, 0.25) is 0 Å². The van der Waals surface area contributed by atoms with Crippen LogP contribution in [-0.4, -0.2) is 57.2 Å². The summed E-state index contributed by atoms with van der Waals surface area (Å²) in [6, 6.07) is 0. The van der Waals surface area contributed by atoms with Crippen LogP contribution in [0.1, 0.15) is 275 Å². The van der Waals surface area contributed by atoms with E-state index in [9.17, 15) is 19.2 Å². The molecule has 2 heterocycles. The van der Waals surface area contributed by atoms with E-state index < -0.39 is 0 Å². The summed E-state index contributed by atoms with van der Waals surface area (Å²) in [5, 5.41) is 9.56. The molecule has 0 fully saturated rings. The number of thiophene rings is 1. The van der Waals surface area contributed by atoms with Gasteiger partial charge in [0.05, 0.1) is 18.1 Å². The molecule has 0 saturated heterocycles. The van der Waals surface area contributed by atoms with Gasteiger partial charge in [-0.05, 0) is 103 Å². The lowest BCUT2D eigenvalue weighted by Crippen LogP contribution is -2.29. The molecular weight excluding hydrogens is 839 g/mol. The highest BCUT2D eigenvalue weighted by Crippen LogP contribution is 2.32. The molecule has 3 N–H and O–H groups in total. The van der Waals surface area contributed by atoms with Crippen molar-refractivity contribution in [2.24, 2.45) is 5.92 Å². The van der Waals surface area contributed by atoms with Gasteiger partial charge in [0, 0.05) is 43.5 Å². The van der Waals surface area contributed by atoms with Crippen molar-refractivity contribution in [3.63, 3.8) is 0 Å². The van der Waals surface area contributed by atoms with Gasteiger partial charge in [0.25, 0.3) is 5.91 Å². The van der Waals surface area contributed by atoms with Crippen molar-refractivity contribution < 1.29 is 25.3 Å². The Morgan fingerprint density at radius 1 is 0.667 bits per heavy atom. The summed E-state index contributed by atoms with van der Waals surface area (Å²) in [7, 11) is 1.91. The van der Waals surface area contributed by atoms with E-state index in [0.29, 0.717) is 26.0 Å².